The van der Waals surface area contributed by atoms with Gasteiger partial charge in [-0.1, -0.05) is 49.4 Å². The second kappa shape index (κ2) is 9.90. The van der Waals surface area contributed by atoms with Crippen LogP contribution in [0.4, 0.5) is 0 Å². The zero-order valence-electron chi connectivity index (χ0n) is 15.3. The van der Waals surface area contributed by atoms with Crippen molar-refractivity contribution in [3.63, 3.8) is 0 Å². The lowest BCUT2D eigenvalue weighted by atomic mass is 9.96. The lowest BCUT2D eigenvalue weighted by Gasteiger charge is -2.40. The van der Waals surface area contributed by atoms with Gasteiger partial charge in [-0.05, 0) is 28.6 Å². The number of carbonyl (C=O) groups excluding carboxylic acids is 2. The van der Waals surface area contributed by atoms with Crippen LogP contribution < -0.4 is 0 Å². The lowest BCUT2D eigenvalue weighted by molar-refractivity contribution is -0.176. The maximum atomic E-state index is 12.6. The molecule has 0 fully saturated rings. The fourth-order valence-electron chi connectivity index (χ4n) is 1.84. The van der Waals surface area contributed by atoms with Crippen LogP contribution in [-0.2, 0) is 18.9 Å². The van der Waals surface area contributed by atoms with Gasteiger partial charge < -0.3 is 9.22 Å². The molecule has 2 atom stereocenters. The first-order valence-corrected chi connectivity index (χ1v) is 11.9. The average molecular weight is 455 g/mol. The van der Waals surface area contributed by atoms with Gasteiger partial charge in [-0.25, -0.2) is 5.06 Å². The van der Waals surface area contributed by atoms with Gasteiger partial charge >= 0.3 is 0 Å². The minimum atomic E-state index is -2.05. The number of hydrogen-bond donors (Lipinski definition) is 0. The molecule has 0 aromatic carbocycles. The molecule has 5 nitrogen and oxygen atoms in total. The number of aldehydes is 1. The summed E-state index contributed by atoms with van der Waals surface area (Å²) in [4.78, 5) is 28.4. The number of hydrogen-bond acceptors (Lipinski definition) is 4. The number of hydroxylamine groups is 2. The minimum Gasteiger partial charge on any atom is -0.410 e. The summed E-state index contributed by atoms with van der Waals surface area (Å²) >= 11 is 2.13. The van der Waals surface area contributed by atoms with E-state index >= 15 is 0 Å². The van der Waals surface area contributed by atoms with Crippen molar-refractivity contribution in [3.05, 3.63) is 10.2 Å². The molecule has 0 radical (unpaired) electrons. The highest BCUT2D eigenvalue weighted by Gasteiger charge is 2.41. The SMILES string of the molecule is CON(C)C(=O)[C@@H](CCC=O)[C@@H](/C=C/I)O[Si](C)(C)C(C)(C)C. The highest BCUT2D eigenvalue weighted by molar-refractivity contribution is 14.1. The average Bonchev–Trinajstić information content (AvgIpc) is 2.45. The molecule has 0 heterocycles. The Morgan fingerprint density at radius 3 is 2.30 bits per heavy atom. The van der Waals surface area contributed by atoms with Crippen LogP contribution in [0.1, 0.15) is 33.6 Å². The van der Waals surface area contributed by atoms with Crippen LogP contribution in [0.3, 0.4) is 0 Å². The Kier molecular flexibility index (Phi) is 9.79. The molecule has 23 heavy (non-hydrogen) atoms. The molecule has 0 aromatic heterocycles. The Hall–Kier alpha value is -0.253. The summed E-state index contributed by atoms with van der Waals surface area (Å²) in [6.45, 7) is 10.8. The third kappa shape index (κ3) is 7.02. The highest BCUT2D eigenvalue weighted by atomic mass is 127. The first kappa shape index (κ1) is 22.7. The van der Waals surface area contributed by atoms with Crippen molar-refractivity contribution < 1.29 is 18.9 Å². The summed E-state index contributed by atoms with van der Waals surface area (Å²) in [5.74, 6) is -0.613. The Labute approximate surface area is 155 Å². The van der Waals surface area contributed by atoms with Crippen LogP contribution in [0.5, 0.6) is 0 Å². The summed E-state index contributed by atoms with van der Waals surface area (Å²) in [5.41, 5.74) is 0. The molecule has 0 saturated carbocycles. The van der Waals surface area contributed by atoms with E-state index in [1.54, 1.807) is 7.05 Å². The van der Waals surface area contributed by atoms with Gasteiger partial charge in [0.05, 0.1) is 19.1 Å². The van der Waals surface area contributed by atoms with Gasteiger partial charge in [0.1, 0.15) is 6.29 Å². The van der Waals surface area contributed by atoms with Crippen molar-refractivity contribution in [2.45, 2.75) is 57.8 Å². The number of halogens is 1. The lowest BCUT2D eigenvalue weighted by Crippen LogP contribution is -2.48. The van der Waals surface area contributed by atoms with Crippen molar-refractivity contribution in [2.75, 3.05) is 14.2 Å². The molecule has 0 unspecified atom stereocenters. The van der Waals surface area contributed by atoms with Crippen molar-refractivity contribution in [3.8, 4) is 0 Å². The number of carbonyl (C=O) groups is 2. The summed E-state index contributed by atoms with van der Waals surface area (Å²) in [6.07, 6.45) is 3.14. The molecule has 0 rings (SSSR count). The molecular weight excluding hydrogens is 425 g/mol. The van der Waals surface area contributed by atoms with Crippen molar-refractivity contribution >= 4 is 43.1 Å². The first-order valence-electron chi connectivity index (χ1n) is 7.71. The highest BCUT2D eigenvalue weighted by Crippen LogP contribution is 2.38. The van der Waals surface area contributed by atoms with Crippen molar-refractivity contribution in [1.29, 1.82) is 0 Å². The fourth-order valence-corrected chi connectivity index (χ4v) is 3.53. The maximum absolute atomic E-state index is 12.6. The molecule has 134 valence electrons. The van der Waals surface area contributed by atoms with Crippen LogP contribution in [0.25, 0.3) is 0 Å². The maximum Gasteiger partial charge on any atom is 0.251 e. The molecule has 0 aliphatic carbocycles. The molecule has 0 N–H and O–H groups in total. The van der Waals surface area contributed by atoms with Crippen LogP contribution >= 0.6 is 22.6 Å². The van der Waals surface area contributed by atoms with E-state index in [1.807, 2.05) is 10.2 Å². The second-order valence-electron chi connectivity index (χ2n) is 7.03. The summed E-state index contributed by atoms with van der Waals surface area (Å²) in [6, 6.07) is 0. The van der Waals surface area contributed by atoms with E-state index in [-0.39, 0.29) is 17.0 Å². The fraction of sp³-hybridized carbons (Fsp3) is 0.750. The van der Waals surface area contributed by atoms with E-state index in [1.165, 1.54) is 12.2 Å². The first-order chi connectivity index (χ1) is 10.5. The molecule has 0 spiro atoms. The van der Waals surface area contributed by atoms with Gasteiger partial charge in [0.2, 0.25) is 0 Å². The van der Waals surface area contributed by atoms with Crippen LogP contribution in [0.2, 0.25) is 18.1 Å². The molecular formula is C16H30INO4Si. The molecule has 0 saturated heterocycles. The summed E-state index contributed by atoms with van der Waals surface area (Å²) in [7, 11) is 0.975. The predicted molar refractivity (Wildman–Crippen MR) is 104 cm³/mol. The van der Waals surface area contributed by atoms with Gasteiger partial charge in [0, 0.05) is 13.5 Å². The van der Waals surface area contributed by atoms with Gasteiger partial charge in [-0.2, -0.15) is 0 Å². The number of nitrogens with zero attached hydrogens (tertiary/aromatic N) is 1. The topological polar surface area (TPSA) is 55.8 Å². The van der Waals surface area contributed by atoms with E-state index in [0.717, 1.165) is 6.29 Å². The third-order valence-corrected chi connectivity index (χ3v) is 9.28. The third-order valence-electron chi connectivity index (χ3n) is 4.39. The molecule has 0 aliphatic rings. The second-order valence-corrected chi connectivity index (χ2v) is 12.5. The van der Waals surface area contributed by atoms with Gasteiger partial charge in [0.25, 0.3) is 5.91 Å². The zero-order chi connectivity index (χ0) is 18.3. The molecule has 7 heteroatoms. The molecule has 0 bridgehead atoms. The molecule has 0 aromatic rings. The van der Waals surface area contributed by atoms with Crippen LogP contribution in [0.15, 0.2) is 10.2 Å². The summed E-state index contributed by atoms with van der Waals surface area (Å²) < 4.78 is 8.31. The smallest absolute Gasteiger partial charge is 0.251 e. The Bertz CT molecular complexity index is 421. The predicted octanol–water partition coefficient (Wildman–Crippen LogP) is 3.94. The zero-order valence-corrected chi connectivity index (χ0v) is 18.4. The Balaban J connectivity index is 5.53. The molecule has 1 amide bonds. The largest absolute Gasteiger partial charge is 0.410 e. The van der Waals surface area contributed by atoms with E-state index in [0.29, 0.717) is 12.8 Å². The van der Waals surface area contributed by atoms with Crippen LogP contribution in [0, 0.1) is 5.92 Å². The number of rotatable bonds is 9. The van der Waals surface area contributed by atoms with Gasteiger partial charge in [0.15, 0.2) is 8.32 Å². The quantitative estimate of drug-likeness (QED) is 0.229. The van der Waals surface area contributed by atoms with E-state index in [4.69, 9.17) is 9.26 Å². The van der Waals surface area contributed by atoms with Gasteiger partial charge in [-0.15, -0.1) is 0 Å². The summed E-state index contributed by atoms with van der Waals surface area (Å²) in [5, 5.41) is 1.24. The molecule has 0 aliphatic heterocycles. The van der Waals surface area contributed by atoms with E-state index in [9.17, 15) is 9.59 Å². The minimum absolute atomic E-state index is 0.0375. The number of amides is 1. The van der Waals surface area contributed by atoms with Crippen molar-refractivity contribution in [2.24, 2.45) is 5.92 Å². The monoisotopic (exact) mass is 455 g/mol. The van der Waals surface area contributed by atoms with E-state index < -0.39 is 14.2 Å². The van der Waals surface area contributed by atoms with Crippen molar-refractivity contribution in [1.82, 2.24) is 5.06 Å². The normalized spacial score (nSPS) is 15.5. The van der Waals surface area contributed by atoms with E-state index in [2.05, 4.69) is 56.5 Å². The Morgan fingerprint density at radius 2 is 1.91 bits per heavy atom. The Morgan fingerprint density at radius 1 is 1.35 bits per heavy atom. The van der Waals surface area contributed by atoms with Gasteiger partial charge in [-0.3, -0.25) is 9.63 Å². The standard InChI is InChI=1S/C16H30INO4Si/c1-16(2,3)23(6,7)22-14(10-11-17)13(9-8-12-19)15(20)18(4)21-5/h10-14H,8-9H2,1-7H3/b11-10+/t13-,14+/m0/s1. The van der Waals surface area contributed by atoms with Crippen LogP contribution in [-0.4, -0.2) is 45.8 Å².